The number of anilines is 3. The van der Waals surface area contributed by atoms with Crippen LogP contribution in [0.5, 0.6) is 0 Å². The van der Waals surface area contributed by atoms with Crippen LogP contribution in [0.4, 0.5) is 21.6 Å². The van der Waals surface area contributed by atoms with Crippen molar-refractivity contribution in [1.29, 1.82) is 5.26 Å². The third-order valence-corrected chi connectivity index (χ3v) is 6.34. The van der Waals surface area contributed by atoms with Crippen LogP contribution in [-0.4, -0.2) is 49.5 Å². The number of amides is 2. The number of hydrogen-bond donors (Lipinski definition) is 4. The Morgan fingerprint density at radius 3 is 2.50 bits per heavy atom. The number of nitriles is 1. The first-order valence-corrected chi connectivity index (χ1v) is 12.0. The second-order valence-corrected chi connectivity index (χ2v) is 9.15. The second-order valence-electron chi connectivity index (χ2n) is 9.15. The number of carbonyl (C=O) groups is 2. The Hall–Kier alpha value is -4.27. The summed E-state index contributed by atoms with van der Waals surface area (Å²) in [5.74, 6) is -0.826. The molecule has 0 saturated heterocycles. The SMILES string of the molecule is N#CCC(=O)N[C@H]1CC[C@H](Nc2cc(NC3CC3)c3ncc(C(=O)Nc4ccncc4F)n3n2)CC1. The van der Waals surface area contributed by atoms with Crippen LogP contribution in [0.15, 0.2) is 30.7 Å². The minimum Gasteiger partial charge on any atom is -0.379 e. The summed E-state index contributed by atoms with van der Waals surface area (Å²) < 4.78 is 15.5. The summed E-state index contributed by atoms with van der Waals surface area (Å²) in [4.78, 5) is 32.8. The number of nitrogens with zero attached hydrogens (tertiary/aromatic N) is 5. The summed E-state index contributed by atoms with van der Waals surface area (Å²) in [6.45, 7) is 0. The minimum atomic E-state index is -0.634. The molecular formula is C24H26FN9O2. The maximum absolute atomic E-state index is 14.0. The number of imidazole rings is 1. The van der Waals surface area contributed by atoms with E-state index >= 15 is 0 Å². The Kier molecular flexibility index (Phi) is 6.62. The van der Waals surface area contributed by atoms with E-state index in [9.17, 15) is 14.0 Å². The van der Waals surface area contributed by atoms with Gasteiger partial charge in [-0.15, -0.1) is 5.10 Å². The number of hydrogen-bond acceptors (Lipinski definition) is 8. The van der Waals surface area contributed by atoms with Crippen LogP contribution in [0.25, 0.3) is 5.65 Å². The van der Waals surface area contributed by atoms with E-state index in [2.05, 4.69) is 36.3 Å². The fourth-order valence-corrected chi connectivity index (χ4v) is 4.35. The number of nitrogens with one attached hydrogen (secondary N) is 4. The minimum absolute atomic E-state index is 0.0224. The molecule has 3 aromatic heterocycles. The Balaban J connectivity index is 1.34. The van der Waals surface area contributed by atoms with Crippen molar-refractivity contribution in [2.45, 2.75) is 63.1 Å². The Morgan fingerprint density at radius 2 is 1.78 bits per heavy atom. The third-order valence-electron chi connectivity index (χ3n) is 6.34. The first kappa shape index (κ1) is 23.5. The molecule has 36 heavy (non-hydrogen) atoms. The van der Waals surface area contributed by atoms with Crippen molar-refractivity contribution < 1.29 is 14.0 Å². The molecule has 11 nitrogen and oxygen atoms in total. The lowest BCUT2D eigenvalue weighted by atomic mass is 9.91. The topological polar surface area (TPSA) is 149 Å². The highest BCUT2D eigenvalue weighted by molar-refractivity contribution is 6.03. The first-order chi connectivity index (χ1) is 17.5. The third kappa shape index (κ3) is 5.35. The lowest BCUT2D eigenvalue weighted by molar-refractivity contribution is -0.121. The van der Waals surface area contributed by atoms with E-state index in [1.165, 1.54) is 23.0 Å². The van der Waals surface area contributed by atoms with Gasteiger partial charge in [0.05, 0.1) is 29.8 Å². The van der Waals surface area contributed by atoms with Crippen molar-refractivity contribution in [2.75, 3.05) is 16.0 Å². The molecule has 0 aromatic carbocycles. The first-order valence-electron chi connectivity index (χ1n) is 12.0. The molecule has 4 N–H and O–H groups in total. The van der Waals surface area contributed by atoms with E-state index in [0.29, 0.717) is 17.5 Å². The number of aromatic nitrogens is 4. The van der Waals surface area contributed by atoms with Gasteiger partial charge < -0.3 is 21.3 Å². The number of fused-ring (bicyclic) bond motifs is 1. The van der Waals surface area contributed by atoms with Gasteiger partial charge in [-0.1, -0.05) is 0 Å². The molecule has 0 spiro atoms. The summed E-state index contributed by atoms with van der Waals surface area (Å²) in [6, 6.07) is 5.70. The van der Waals surface area contributed by atoms with E-state index in [0.717, 1.165) is 50.4 Å². The van der Waals surface area contributed by atoms with E-state index in [1.807, 2.05) is 12.1 Å². The molecule has 3 heterocycles. The fraction of sp³-hybridized carbons (Fsp3) is 0.417. The molecule has 0 aliphatic heterocycles. The van der Waals surface area contributed by atoms with Crippen LogP contribution in [0.2, 0.25) is 0 Å². The van der Waals surface area contributed by atoms with Gasteiger partial charge in [-0.25, -0.2) is 13.9 Å². The molecule has 2 fully saturated rings. The van der Waals surface area contributed by atoms with Crippen LogP contribution < -0.4 is 21.3 Å². The van der Waals surface area contributed by atoms with E-state index in [4.69, 9.17) is 5.26 Å². The molecule has 2 aliphatic carbocycles. The highest BCUT2D eigenvalue weighted by Gasteiger charge is 2.26. The highest BCUT2D eigenvalue weighted by Crippen LogP contribution is 2.30. The molecule has 3 aromatic rings. The van der Waals surface area contributed by atoms with Gasteiger partial charge in [0.2, 0.25) is 5.91 Å². The average molecular weight is 492 g/mol. The molecule has 5 rings (SSSR count). The molecule has 2 amide bonds. The average Bonchev–Trinajstić information content (AvgIpc) is 3.57. The lowest BCUT2D eigenvalue weighted by Crippen LogP contribution is -2.40. The quantitative estimate of drug-likeness (QED) is 0.376. The number of carbonyl (C=O) groups excluding carboxylic acids is 2. The van der Waals surface area contributed by atoms with E-state index in [1.54, 1.807) is 0 Å². The van der Waals surface area contributed by atoms with E-state index in [-0.39, 0.29) is 35.8 Å². The maximum Gasteiger partial charge on any atom is 0.276 e. The largest absolute Gasteiger partial charge is 0.379 e. The van der Waals surface area contributed by atoms with E-state index < -0.39 is 11.7 Å². The zero-order valence-electron chi connectivity index (χ0n) is 19.5. The summed E-state index contributed by atoms with van der Waals surface area (Å²) in [7, 11) is 0. The van der Waals surface area contributed by atoms with Crippen molar-refractivity contribution in [3.8, 4) is 6.07 Å². The normalized spacial score (nSPS) is 19.3. The lowest BCUT2D eigenvalue weighted by Gasteiger charge is -2.30. The highest BCUT2D eigenvalue weighted by atomic mass is 19.1. The second kappa shape index (κ2) is 10.2. The number of halogens is 1. The van der Waals surface area contributed by atoms with Crippen LogP contribution >= 0.6 is 0 Å². The molecule has 0 atom stereocenters. The van der Waals surface area contributed by atoms with Crippen molar-refractivity contribution in [1.82, 2.24) is 24.9 Å². The molecule has 0 radical (unpaired) electrons. The van der Waals surface area contributed by atoms with Gasteiger partial charge in [-0.2, -0.15) is 5.26 Å². The number of pyridine rings is 1. The predicted octanol–water partition coefficient (Wildman–Crippen LogP) is 2.84. The monoisotopic (exact) mass is 491 g/mol. The molecule has 2 saturated carbocycles. The van der Waals surface area contributed by atoms with Crippen molar-refractivity contribution >= 4 is 34.7 Å². The molecule has 0 bridgehead atoms. The maximum atomic E-state index is 14.0. The van der Waals surface area contributed by atoms with Crippen LogP contribution in [0.3, 0.4) is 0 Å². The van der Waals surface area contributed by atoms with Crippen LogP contribution in [-0.2, 0) is 4.79 Å². The summed E-state index contributed by atoms with van der Waals surface area (Å²) >= 11 is 0. The van der Waals surface area contributed by atoms with Crippen LogP contribution in [0.1, 0.15) is 55.4 Å². The van der Waals surface area contributed by atoms with Gasteiger partial charge in [0.1, 0.15) is 12.2 Å². The van der Waals surface area contributed by atoms with Gasteiger partial charge in [0.15, 0.2) is 17.2 Å². The van der Waals surface area contributed by atoms with Crippen LogP contribution in [0, 0.1) is 17.1 Å². The summed E-state index contributed by atoms with van der Waals surface area (Å²) in [5, 5.41) is 25.7. The van der Waals surface area contributed by atoms with Gasteiger partial charge in [-0.05, 0) is 44.6 Å². The van der Waals surface area contributed by atoms with Gasteiger partial charge in [0.25, 0.3) is 5.91 Å². The van der Waals surface area contributed by atoms with Gasteiger partial charge in [0, 0.05) is 30.4 Å². The van der Waals surface area contributed by atoms with Gasteiger partial charge >= 0.3 is 0 Å². The molecule has 12 heteroatoms. The van der Waals surface area contributed by atoms with Crippen molar-refractivity contribution in [3.05, 3.63) is 42.2 Å². The fourth-order valence-electron chi connectivity index (χ4n) is 4.35. The van der Waals surface area contributed by atoms with Crippen molar-refractivity contribution in [3.63, 3.8) is 0 Å². The molecule has 0 unspecified atom stereocenters. The zero-order valence-corrected chi connectivity index (χ0v) is 19.5. The summed E-state index contributed by atoms with van der Waals surface area (Å²) in [5.41, 5.74) is 1.47. The summed E-state index contributed by atoms with van der Waals surface area (Å²) in [6.07, 6.45) is 9.08. The molecule has 2 aliphatic rings. The Morgan fingerprint density at radius 1 is 1.06 bits per heavy atom. The predicted molar refractivity (Wildman–Crippen MR) is 130 cm³/mol. The Bertz CT molecular complexity index is 1320. The van der Waals surface area contributed by atoms with Crippen molar-refractivity contribution in [2.24, 2.45) is 0 Å². The Labute approximate surface area is 206 Å². The molecule has 186 valence electrons. The smallest absolute Gasteiger partial charge is 0.276 e. The standard InChI is InChI=1S/C24H26FN9O2/c25-17-12-27-10-8-18(17)32-24(36)20-13-28-23-19(29-14-1-2-14)11-21(33-34(20)23)30-15-3-5-16(6-4-15)31-22(35)7-9-26/h8,10-16,29H,1-7H2,(H,30,33)(H,31,35)(H,27,32,36)/t15-,16-. The number of rotatable bonds is 8. The molecular weight excluding hydrogens is 465 g/mol. The zero-order chi connectivity index (χ0) is 25.1. The van der Waals surface area contributed by atoms with Gasteiger partial charge in [-0.3, -0.25) is 14.6 Å².